The molecule has 0 unspecified atom stereocenters. The molecule has 0 bridgehead atoms. The summed E-state index contributed by atoms with van der Waals surface area (Å²) in [6, 6.07) is 6.50. The highest BCUT2D eigenvalue weighted by molar-refractivity contribution is 8.13. The average Bonchev–Trinajstić information content (AvgIpc) is 2.38. The molecule has 1 aromatic carbocycles. The number of carbonyl (C=O) groups is 1. The van der Waals surface area contributed by atoms with Crippen molar-refractivity contribution >= 4 is 23.0 Å². The first-order valence-corrected chi connectivity index (χ1v) is 7.37. The van der Waals surface area contributed by atoms with E-state index in [9.17, 15) is 4.79 Å². The van der Waals surface area contributed by atoms with Crippen molar-refractivity contribution in [2.75, 3.05) is 12.3 Å². The molecular weight excluding hydrogens is 242 g/mol. The highest BCUT2D eigenvalue weighted by Crippen LogP contribution is 2.20. The minimum absolute atomic E-state index is 0.201. The monoisotopic (exact) mass is 261 g/mol. The van der Waals surface area contributed by atoms with Crippen LogP contribution in [0.25, 0.3) is 6.08 Å². The Morgan fingerprint density at radius 3 is 3.22 bits per heavy atom. The number of nitrogens with one attached hydrogen (secondary N) is 1. The molecule has 2 nitrogen and oxygen atoms in total. The summed E-state index contributed by atoms with van der Waals surface area (Å²) in [4.78, 5) is 10.8. The molecule has 0 fully saturated rings. The molecule has 1 aromatic rings. The Morgan fingerprint density at radius 1 is 1.50 bits per heavy atom. The summed E-state index contributed by atoms with van der Waals surface area (Å²) in [6.07, 6.45) is 6.43. The van der Waals surface area contributed by atoms with Crippen LogP contribution in [-0.2, 0) is 17.8 Å². The molecule has 1 aliphatic rings. The lowest BCUT2D eigenvalue weighted by Crippen LogP contribution is -2.24. The molecule has 3 heteroatoms. The SMILES string of the molecule is CC(=O)SCCC=Cc1cccc2c1CCNC2. The molecule has 0 saturated carbocycles. The number of benzene rings is 1. The van der Waals surface area contributed by atoms with Gasteiger partial charge in [0, 0.05) is 19.2 Å². The number of hydrogen-bond donors (Lipinski definition) is 1. The van der Waals surface area contributed by atoms with Crippen LogP contribution in [0.3, 0.4) is 0 Å². The van der Waals surface area contributed by atoms with Crippen LogP contribution in [0, 0.1) is 0 Å². The summed E-state index contributed by atoms with van der Waals surface area (Å²) in [7, 11) is 0. The van der Waals surface area contributed by atoms with Gasteiger partial charge in [0.15, 0.2) is 5.12 Å². The third kappa shape index (κ3) is 3.72. The zero-order chi connectivity index (χ0) is 12.8. The van der Waals surface area contributed by atoms with Crippen molar-refractivity contribution in [3.05, 3.63) is 41.0 Å². The largest absolute Gasteiger partial charge is 0.312 e. The number of allylic oxidation sites excluding steroid dienone is 1. The second-order valence-corrected chi connectivity index (χ2v) is 5.71. The van der Waals surface area contributed by atoms with E-state index in [-0.39, 0.29) is 5.12 Å². The van der Waals surface area contributed by atoms with Crippen LogP contribution in [-0.4, -0.2) is 17.4 Å². The Hall–Kier alpha value is -1.06. The Kier molecular flexibility index (Phi) is 5.02. The minimum atomic E-state index is 0.201. The van der Waals surface area contributed by atoms with Gasteiger partial charge in [0.05, 0.1) is 0 Å². The lowest BCUT2D eigenvalue weighted by molar-refractivity contribution is -0.109. The maximum Gasteiger partial charge on any atom is 0.185 e. The van der Waals surface area contributed by atoms with Gasteiger partial charge in [-0.05, 0) is 36.1 Å². The average molecular weight is 261 g/mol. The van der Waals surface area contributed by atoms with Crippen LogP contribution >= 0.6 is 11.8 Å². The fourth-order valence-electron chi connectivity index (χ4n) is 2.20. The van der Waals surface area contributed by atoms with Crippen LogP contribution in [0.5, 0.6) is 0 Å². The van der Waals surface area contributed by atoms with Gasteiger partial charge in [-0.15, -0.1) is 0 Å². The summed E-state index contributed by atoms with van der Waals surface area (Å²) >= 11 is 1.40. The fourth-order valence-corrected chi connectivity index (χ4v) is 2.74. The van der Waals surface area contributed by atoms with Gasteiger partial charge in [-0.25, -0.2) is 0 Å². The van der Waals surface area contributed by atoms with Crippen molar-refractivity contribution in [1.82, 2.24) is 5.32 Å². The zero-order valence-corrected chi connectivity index (χ0v) is 11.6. The fraction of sp³-hybridized carbons (Fsp3) is 0.400. The predicted molar refractivity (Wildman–Crippen MR) is 78.6 cm³/mol. The van der Waals surface area contributed by atoms with E-state index >= 15 is 0 Å². The van der Waals surface area contributed by atoms with E-state index in [4.69, 9.17) is 0 Å². The van der Waals surface area contributed by atoms with Crippen LogP contribution in [0.4, 0.5) is 0 Å². The molecule has 1 N–H and O–H groups in total. The molecule has 1 aliphatic heterocycles. The van der Waals surface area contributed by atoms with E-state index in [0.717, 1.165) is 31.7 Å². The highest BCUT2D eigenvalue weighted by Gasteiger charge is 2.10. The molecule has 2 rings (SSSR count). The zero-order valence-electron chi connectivity index (χ0n) is 10.7. The Bertz CT molecular complexity index is 454. The normalized spacial score (nSPS) is 14.7. The summed E-state index contributed by atoms with van der Waals surface area (Å²) in [5.74, 6) is 0.877. The first kappa shape index (κ1) is 13.4. The lowest BCUT2D eigenvalue weighted by atomic mass is 9.95. The number of thioether (sulfide) groups is 1. The first-order chi connectivity index (χ1) is 8.77. The van der Waals surface area contributed by atoms with Gasteiger partial charge in [0.2, 0.25) is 0 Å². The van der Waals surface area contributed by atoms with Crippen molar-refractivity contribution in [3.63, 3.8) is 0 Å². The second kappa shape index (κ2) is 6.76. The summed E-state index contributed by atoms with van der Waals surface area (Å²) < 4.78 is 0. The number of carbonyl (C=O) groups excluding carboxylic acids is 1. The van der Waals surface area contributed by atoms with Crippen LogP contribution in [0.2, 0.25) is 0 Å². The number of fused-ring (bicyclic) bond motifs is 1. The lowest BCUT2D eigenvalue weighted by Gasteiger charge is -2.18. The smallest absolute Gasteiger partial charge is 0.185 e. The van der Waals surface area contributed by atoms with Gasteiger partial charge in [-0.3, -0.25) is 4.79 Å². The molecule has 1 heterocycles. The Labute approximate surface area is 113 Å². The third-order valence-electron chi connectivity index (χ3n) is 3.06. The van der Waals surface area contributed by atoms with Gasteiger partial charge >= 0.3 is 0 Å². The summed E-state index contributed by atoms with van der Waals surface area (Å²) in [5, 5.41) is 3.59. The standard InChI is InChI=1S/C15H19NOS/c1-12(17)18-10-3-2-5-13-6-4-7-14-11-16-9-8-15(13)14/h2,4-7,16H,3,8-11H2,1H3. The first-order valence-electron chi connectivity index (χ1n) is 6.39. The van der Waals surface area contributed by atoms with Crippen molar-refractivity contribution in [2.45, 2.75) is 26.3 Å². The topological polar surface area (TPSA) is 29.1 Å². The van der Waals surface area contributed by atoms with Crippen LogP contribution in [0.15, 0.2) is 24.3 Å². The van der Waals surface area contributed by atoms with Crippen molar-refractivity contribution in [3.8, 4) is 0 Å². The maximum absolute atomic E-state index is 10.8. The predicted octanol–water partition coefficient (Wildman–Crippen LogP) is 3.02. The molecule has 0 radical (unpaired) electrons. The van der Waals surface area contributed by atoms with E-state index in [1.54, 1.807) is 6.92 Å². The summed E-state index contributed by atoms with van der Waals surface area (Å²) in [5.41, 5.74) is 4.23. The Balaban J connectivity index is 1.96. The van der Waals surface area contributed by atoms with Gasteiger partial charge < -0.3 is 5.32 Å². The maximum atomic E-state index is 10.8. The van der Waals surface area contributed by atoms with E-state index in [1.807, 2.05) is 0 Å². The van der Waals surface area contributed by atoms with E-state index in [0.29, 0.717) is 0 Å². The quantitative estimate of drug-likeness (QED) is 0.845. The molecule has 0 aliphatic carbocycles. The van der Waals surface area contributed by atoms with E-state index in [2.05, 4.69) is 35.7 Å². The van der Waals surface area contributed by atoms with Crippen LogP contribution < -0.4 is 5.32 Å². The molecule has 0 saturated heterocycles. The van der Waals surface area contributed by atoms with E-state index in [1.165, 1.54) is 28.5 Å². The van der Waals surface area contributed by atoms with Gasteiger partial charge in [-0.2, -0.15) is 0 Å². The molecule has 96 valence electrons. The third-order valence-corrected chi connectivity index (χ3v) is 3.91. The number of rotatable bonds is 4. The van der Waals surface area contributed by atoms with Crippen molar-refractivity contribution in [1.29, 1.82) is 0 Å². The summed E-state index contributed by atoms with van der Waals surface area (Å²) in [6.45, 7) is 3.67. The Morgan fingerprint density at radius 2 is 2.39 bits per heavy atom. The van der Waals surface area contributed by atoms with Crippen LogP contribution in [0.1, 0.15) is 30.0 Å². The van der Waals surface area contributed by atoms with Crippen molar-refractivity contribution in [2.24, 2.45) is 0 Å². The molecular formula is C15H19NOS. The molecule has 0 spiro atoms. The van der Waals surface area contributed by atoms with Gasteiger partial charge in [-0.1, -0.05) is 42.1 Å². The van der Waals surface area contributed by atoms with E-state index < -0.39 is 0 Å². The minimum Gasteiger partial charge on any atom is -0.312 e. The van der Waals surface area contributed by atoms with Gasteiger partial charge in [0.1, 0.15) is 0 Å². The van der Waals surface area contributed by atoms with Crippen molar-refractivity contribution < 1.29 is 4.79 Å². The second-order valence-electron chi connectivity index (χ2n) is 4.44. The molecule has 18 heavy (non-hydrogen) atoms. The molecule has 0 atom stereocenters. The molecule has 0 aromatic heterocycles. The number of hydrogen-bond acceptors (Lipinski definition) is 3. The highest BCUT2D eigenvalue weighted by atomic mass is 32.2. The van der Waals surface area contributed by atoms with Gasteiger partial charge in [0.25, 0.3) is 0 Å². The molecule has 0 amide bonds.